The molecule has 0 spiro atoms. The molecule has 0 unspecified atom stereocenters. The van der Waals surface area contributed by atoms with Gasteiger partial charge in [-0.3, -0.25) is 4.79 Å². The molecule has 0 bridgehead atoms. The molecule has 7 heteroatoms. The summed E-state index contributed by atoms with van der Waals surface area (Å²) < 4.78 is 0.572. The van der Waals surface area contributed by atoms with Crippen LogP contribution in [0.3, 0.4) is 0 Å². The number of carboxylic acid groups (broad SMARTS) is 1. The zero-order valence-corrected chi connectivity index (χ0v) is 12.3. The molecule has 18 heavy (non-hydrogen) atoms. The monoisotopic (exact) mass is 292 g/mol. The quantitative estimate of drug-likeness (QED) is 0.463. The van der Waals surface area contributed by atoms with Crippen molar-refractivity contribution in [3.05, 3.63) is 0 Å². The van der Waals surface area contributed by atoms with E-state index in [0.29, 0.717) is 4.32 Å². The van der Waals surface area contributed by atoms with E-state index in [1.165, 1.54) is 18.7 Å². The molecule has 0 aromatic rings. The third-order valence-electron chi connectivity index (χ3n) is 2.11. The highest BCUT2D eigenvalue weighted by molar-refractivity contribution is 8.23. The van der Waals surface area contributed by atoms with Crippen LogP contribution >= 0.6 is 24.0 Å². The SMILES string of the molecule is CCCCCNC(=S)SC[C@H](NC(C)=O)C(=O)O. The van der Waals surface area contributed by atoms with Gasteiger partial charge in [0, 0.05) is 19.2 Å². The number of carboxylic acids is 1. The average molecular weight is 292 g/mol. The Morgan fingerprint density at radius 1 is 1.39 bits per heavy atom. The Labute approximate surface area is 117 Å². The summed E-state index contributed by atoms with van der Waals surface area (Å²) in [6, 6.07) is -0.900. The van der Waals surface area contributed by atoms with Gasteiger partial charge in [0.25, 0.3) is 0 Å². The molecule has 0 aromatic heterocycles. The van der Waals surface area contributed by atoms with Gasteiger partial charge in [0.1, 0.15) is 10.4 Å². The van der Waals surface area contributed by atoms with E-state index >= 15 is 0 Å². The molecule has 0 radical (unpaired) electrons. The molecule has 5 nitrogen and oxygen atoms in total. The number of aliphatic carboxylic acids is 1. The molecule has 0 aliphatic carbocycles. The minimum absolute atomic E-state index is 0.231. The highest BCUT2D eigenvalue weighted by Gasteiger charge is 2.18. The van der Waals surface area contributed by atoms with Crippen LogP contribution < -0.4 is 10.6 Å². The Hall–Kier alpha value is -0.820. The predicted octanol–water partition coefficient (Wildman–Crippen LogP) is 1.37. The van der Waals surface area contributed by atoms with Crippen LogP contribution in [0, 0.1) is 0 Å². The van der Waals surface area contributed by atoms with Crippen molar-refractivity contribution in [1.82, 2.24) is 10.6 Å². The number of unbranched alkanes of at least 4 members (excludes halogenated alkanes) is 2. The largest absolute Gasteiger partial charge is 0.480 e. The summed E-state index contributed by atoms with van der Waals surface area (Å²) in [5, 5.41) is 14.3. The highest BCUT2D eigenvalue weighted by Crippen LogP contribution is 2.05. The Morgan fingerprint density at radius 2 is 2.06 bits per heavy atom. The summed E-state index contributed by atoms with van der Waals surface area (Å²) in [7, 11) is 0. The maximum absolute atomic E-state index is 10.9. The molecule has 0 heterocycles. The van der Waals surface area contributed by atoms with Crippen LogP contribution in [0.2, 0.25) is 0 Å². The summed E-state index contributed by atoms with van der Waals surface area (Å²) in [6.07, 6.45) is 3.33. The van der Waals surface area contributed by atoms with E-state index in [1.807, 2.05) is 0 Å². The first-order valence-corrected chi connectivity index (χ1v) is 7.27. The molecule has 0 saturated carbocycles. The van der Waals surface area contributed by atoms with E-state index in [-0.39, 0.29) is 11.7 Å². The van der Waals surface area contributed by atoms with E-state index in [1.54, 1.807) is 0 Å². The zero-order chi connectivity index (χ0) is 14.0. The van der Waals surface area contributed by atoms with Crippen LogP contribution in [-0.4, -0.2) is 39.6 Å². The number of hydrogen-bond donors (Lipinski definition) is 3. The van der Waals surface area contributed by atoms with Gasteiger partial charge in [0.05, 0.1) is 0 Å². The predicted molar refractivity (Wildman–Crippen MR) is 77.8 cm³/mol. The number of rotatable bonds is 8. The number of hydrogen-bond acceptors (Lipinski definition) is 4. The molecule has 104 valence electrons. The number of thioether (sulfide) groups is 1. The van der Waals surface area contributed by atoms with E-state index in [2.05, 4.69) is 17.6 Å². The number of amides is 1. The first kappa shape index (κ1) is 17.2. The average Bonchev–Trinajstić information content (AvgIpc) is 2.29. The van der Waals surface area contributed by atoms with Crippen molar-refractivity contribution in [2.45, 2.75) is 39.2 Å². The first-order chi connectivity index (χ1) is 8.47. The number of carbonyl (C=O) groups excluding carboxylic acids is 1. The lowest BCUT2D eigenvalue weighted by Gasteiger charge is -2.13. The van der Waals surface area contributed by atoms with E-state index in [9.17, 15) is 9.59 Å². The third-order valence-corrected chi connectivity index (χ3v) is 3.51. The summed E-state index contributed by atoms with van der Waals surface area (Å²) >= 11 is 6.31. The molecule has 0 aliphatic heterocycles. The minimum atomic E-state index is -1.05. The summed E-state index contributed by atoms with van der Waals surface area (Å²) in [4.78, 5) is 21.7. The summed E-state index contributed by atoms with van der Waals surface area (Å²) in [5.74, 6) is -1.18. The van der Waals surface area contributed by atoms with Gasteiger partial charge in [-0.25, -0.2) is 4.79 Å². The molecule has 0 aromatic carbocycles. The molecule has 1 amide bonds. The molecule has 0 aliphatic rings. The molecule has 1 atom stereocenters. The van der Waals surface area contributed by atoms with Gasteiger partial charge >= 0.3 is 5.97 Å². The van der Waals surface area contributed by atoms with Crippen LogP contribution in [0.15, 0.2) is 0 Å². The fourth-order valence-corrected chi connectivity index (χ4v) is 2.25. The second-order valence-electron chi connectivity index (χ2n) is 3.82. The molecule has 0 saturated heterocycles. The van der Waals surface area contributed by atoms with E-state index in [0.717, 1.165) is 25.8 Å². The molecule has 3 N–H and O–H groups in total. The normalized spacial score (nSPS) is 11.7. The number of carbonyl (C=O) groups is 2. The summed E-state index contributed by atoms with van der Waals surface area (Å²) in [6.45, 7) is 4.22. The fourth-order valence-electron chi connectivity index (χ4n) is 1.20. The lowest BCUT2D eigenvalue weighted by atomic mass is 10.2. The molecule has 0 fully saturated rings. The van der Waals surface area contributed by atoms with Gasteiger partial charge in [0.2, 0.25) is 5.91 Å². The van der Waals surface area contributed by atoms with Crippen molar-refractivity contribution < 1.29 is 14.7 Å². The maximum atomic E-state index is 10.9. The van der Waals surface area contributed by atoms with Crippen molar-refractivity contribution >= 4 is 40.2 Å². The van der Waals surface area contributed by atoms with Crippen molar-refractivity contribution in [3.63, 3.8) is 0 Å². The first-order valence-electron chi connectivity index (χ1n) is 5.88. The van der Waals surface area contributed by atoms with Crippen LogP contribution in [0.1, 0.15) is 33.1 Å². The lowest BCUT2D eigenvalue weighted by molar-refractivity contribution is -0.140. The molecular formula is C11H20N2O3S2. The third kappa shape index (κ3) is 9.23. The second kappa shape index (κ2) is 10.1. The topological polar surface area (TPSA) is 78.4 Å². The van der Waals surface area contributed by atoms with E-state index < -0.39 is 12.0 Å². The van der Waals surface area contributed by atoms with Gasteiger partial charge in [-0.05, 0) is 6.42 Å². The Kier molecular flexibility index (Phi) is 9.67. The van der Waals surface area contributed by atoms with Crippen LogP contribution in [0.25, 0.3) is 0 Å². The van der Waals surface area contributed by atoms with Crippen molar-refractivity contribution in [1.29, 1.82) is 0 Å². The number of thiocarbonyl (C=S) groups is 1. The van der Waals surface area contributed by atoms with Crippen molar-refractivity contribution in [2.75, 3.05) is 12.3 Å². The van der Waals surface area contributed by atoms with Crippen LogP contribution in [0.4, 0.5) is 0 Å². The second-order valence-corrected chi connectivity index (χ2v) is 5.52. The Morgan fingerprint density at radius 3 is 2.56 bits per heavy atom. The standard InChI is InChI=1S/C11H20N2O3S2/c1-3-4-5-6-12-11(17)18-7-9(10(15)16)13-8(2)14/h9H,3-7H2,1-2H3,(H,12,17)(H,13,14)(H,15,16)/t9-/m0/s1. The van der Waals surface area contributed by atoms with Crippen molar-refractivity contribution in [3.8, 4) is 0 Å². The van der Waals surface area contributed by atoms with Gasteiger partial charge in [0.15, 0.2) is 0 Å². The molecular weight excluding hydrogens is 272 g/mol. The number of nitrogens with one attached hydrogen (secondary N) is 2. The van der Waals surface area contributed by atoms with Gasteiger partial charge in [-0.2, -0.15) is 0 Å². The highest BCUT2D eigenvalue weighted by atomic mass is 32.2. The molecule has 0 rings (SSSR count). The Balaban J connectivity index is 3.85. The smallest absolute Gasteiger partial charge is 0.327 e. The van der Waals surface area contributed by atoms with Gasteiger partial charge < -0.3 is 15.7 Å². The van der Waals surface area contributed by atoms with Gasteiger partial charge in [-0.15, -0.1) is 0 Å². The van der Waals surface area contributed by atoms with E-state index in [4.69, 9.17) is 17.3 Å². The van der Waals surface area contributed by atoms with Crippen LogP contribution in [0.5, 0.6) is 0 Å². The maximum Gasteiger partial charge on any atom is 0.327 e. The lowest BCUT2D eigenvalue weighted by Crippen LogP contribution is -2.42. The Bertz CT molecular complexity index is 298. The van der Waals surface area contributed by atoms with Gasteiger partial charge in [-0.1, -0.05) is 43.7 Å². The fraction of sp³-hybridized carbons (Fsp3) is 0.727. The zero-order valence-electron chi connectivity index (χ0n) is 10.7. The summed E-state index contributed by atoms with van der Waals surface area (Å²) in [5.41, 5.74) is 0. The minimum Gasteiger partial charge on any atom is -0.480 e. The van der Waals surface area contributed by atoms with Crippen molar-refractivity contribution in [2.24, 2.45) is 0 Å². The van der Waals surface area contributed by atoms with Crippen LogP contribution in [-0.2, 0) is 9.59 Å².